The van der Waals surface area contributed by atoms with E-state index in [1.807, 2.05) is 0 Å². The number of hydrogen-bond acceptors (Lipinski definition) is 4. The average Bonchev–Trinajstić information content (AvgIpc) is 2.34. The van der Waals surface area contributed by atoms with Crippen molar-refractivity contribution in [3.05, 3.63) is 53.6 Å². The Bertz CT molecular complexity index is 584. The molecule has 1 aromatic carbocycles. The minimum Gasteiger partial charge on any atom is -0.436 e. The maximum absolute atomic E-state index is 13.4. The number of benzene rings is 1. The quantitative estimate of drug-likeness (QED) is 0.797. The van der Waals surface area contributed by atoms with Crippen molar-refractivity contribution in [2.75, 3.05) is 0 Å². The molecule has 0 spiro atoms. The number of allylic oxidation sites excluding steroid dienone is 2. The molecular formula is C13H12FN3O. The summed E-state index contributed by atoms with van der Waals surface area (Å²) in [6.45, 7) is 1.65. The molecule has 1 aromatic rings. The summed E-state index contributed by atoms with van der Waals surface area (Å²) in [5, 5.41) is 7.63. The summed E-state index contributed by atoms with van der Waals surface area (Å²) in [6, 6.07) is 6.05. The van der Waals surface area contributed by atoms with E-state index in [0.717, 1.165) is 0 Å². The number of para-hydroxylation sites is 1. The second-order valence-corrected chi connectivity index (χ2v) is 3.76. The molecule has 18 heavy (non-hydrogen) atoms. The van der Waals surface area contributed by atoms with E-state index in [9.17, 15) is 4.39 Å². The van der Waals surface area contributed by atoms with Gasteiger partial charge in [-0.05, 0) is 25.1 Å². The number of dihydropyridines is 1. The van der Waals surface area contributed by atoms with Crippen LogP contribution in [-0.2, 0) is 0 Å². The standard InChI is InChI=1S/C13H12FN3O/c1-8(15)13-10(16)6-7-12(17-13)18-11-5-3-2-4-9(11)14/h2-7,16H,15H2,1H3/b13-8-,16-10?. The molecule has 4 nitrogen and oxygen atoms in total. The lowest BCUT2D eigenvalue weighted by molar-refractivity contribution is 0.493. The van der Waals surface area contributed by atoms with Gasteiger partial charge in [-0.1, -0.05) is 12.1 Å². The van der Waals surface area contributed by atoms with Gasteiger partial charge in [-0.2, -0.15) is 0 Å². The van der Waals surface area contributed by atoms with E-state index < -0.39 is 5.82 Å². The molecule has 0 fully saturated rings. The highest BCUT2D eigenvalue weighted by Crippen LogP contribution is 2.18. The minimum atomic E-state index is -0.468. The maximum Gasteiger partial charge on any atom is 0.220 e. The van der Waals surface area contributed by atoms with Gasteiger partial charge >= 0.3 is 0 Å². The van der Waals surface area contributed by atoms with Crippen molar-refractivity contribution in [1.29, 1.82) is 5.41 Å². The zero-order valence-electron chi connectivity index (χ0n) is 9.77. The lowest BCUT2D eigenvalue weighted by atomic mass is 10.2. The van der Waals surface area contributed by atoms with Crippen LogP contribution in [0.15, 0.2) is 52.8 Å². The Labute approximate surface area is 104 Å². The average molecular weight is 245 g/mol. The Balaban J connectivity index is 2.29. The monoisotopic (exact) mass is 245 g/mol. The van der Waals surface area contributed by atoms with Gasteiger partial charge in [-0.3, -0.25) is 5.41 Å². The minimum absolute atomic E-state index is 0.0864. The molecule has 0 saturated heterocycles. The molecule has 0 saturated carbocycles. The molecule has 1 heterocycles. The fourth-order valence-corrected chi connectivity index (χ4v) is 1.44. The van der Waals surface area contributed by atoms with Crippen LogP contribution in [0.5, 0.6) is 5.75 Å². The first-order chi connectivity index (χ1) is 8.58. The number of hydrogen-bond donors (Lipinski definition) is 2. The third-order valence-corrected chi connectivity index (χ3v) is 2.29. The van der Waals surface area contributed by atoms with E-state index in [-0.39, 0.29) is 17.4 Å². The lowest BCUT2D eigenvalue weighted by Crippen LogP contribution is -2.16. The van der Waals surface area contributed by atoms with Gasteiger partial charge in [-0.25, -0.2) is 9.38 Å². The third kappa shape index (κ3) is 2.45. The van der Waals surface area contributed by atoms with E-state index in [0.29, 0.717) is 11.4 Å². The second kappa shape index (κ2) is 4.83. The molecule has 0 radical (unpaired) electrons. The summed E-state index contributed by atoms with van der Waals surface area (Å²) in [5.74, 6) is -0.177. The Kier molecular flexibility index (Phi) is 3.23. The van der Waals surface area contributed by atoms with E-state index in [4.69, 9.17) is 15.9 Å². The van der Waals surface area contributed by atoms with Gasteiger partial charge in [0.25, 0.3) is 0 Å². The predicted octanol–water partition coefficient (Wildman–Crippen LogP) is 2.38. The van der Waals surface area contributed by atoms with Gasteiger partial charge < -0.3 is 10.5 Å². The van der Waals surface area contributed by atoms with E-state index in [2.05, 4.69) is 4.99 Å². The molecule has 0 atom stereocenters. The second-order valence-electron chi connectivity index (χ2n) is 3.76. The van der Waals surface area contributed by atoms with Crippen LogP contribution in [0.2, 0.25) is 0 Å². The number of nitrogens with zero attached hydrogens (tertiary/aromatic N) is 1. The van der Waals surface area contributed by atoms with Crippen molar-refractivity contribution in [3.63, 3.8) is 0 Å². The van der Waals surface area contributed by atoms with Crippen LogP contribution in [0.3, 0.4) is 0 Å². The molecular weight excluding hydrogens is 233 g/mol. The number of aliphatic imine (C=N–C) groups is 1. The predicted molar refractivity (Wildman–Crippen MR) is 68.2 cm³/mol. The number of nitrogens with one attached hydrogen (secondary N) is 1. The maximum atomic E-state index is 13.4. The highest BCUT2D eigenvalue weighted by atomic mass is 19.1. The summed E-state index contributed by atoms with van der Waals surface area (Å²) < 4.78 is 18.7. The molecule has 1 aliphatic heterocycles. The zero-order chi connectivity index (χ0) is 13.1. The van der Waals surface area contributed by atoms with Gasteiger partial charge in [0.15, 0.2) is 11.6 Å². The summed E-state index contributed by atoms with van der Waals surface area (Å²) in [6.07, 6.45) is 3.01. The van der Waals surface area contributed by atoms with Crippen LogP contribution >= 0.6 is 0 Å². The number of ether oxygens (including phenoxy) is 1. The molecule has 92 valence electrons. The van der Waals surface area contributed by atoms with E-state index in [1.54, 1.807) is 19.1 Å². The van der Waals surface area contributed by atoms with Crippen molar-refractivity contribution in [3.8, 4) is 5.75 Å². The van der Waals surface area contributed by atoms with Crippen molar-refractivity contribution < 1.29 is 9.13 Å². The molecule has 5 heteroatoms. The van der Waals surface area contributed by atoms with Gasteiger partial charge in [0.2, 0.25) is 5.90 Å². The van der Waals surface area contributed by atoms with Crippen LogP contribution in [-0.4, -0.2) is 11.6 Å². The largest absolute Gasteiger partial charge is 0.436 e. The highest BCUT2D eigenvalue weighted by Gasteiger charge is 2.13. The summed E-state index contributed by atoms with van der Waals surface area (Å²) in [7, 11) is 0. The first-order valence-electron chi connectivity index (χ1n) is 5.32. The first-order valence-corrected chi connectivity index (χ1v) is 5.32. The van der Waals surface area contributed by atoms with Crippen molar-refractivity contribution >= 4 is 11.6 Å². The van der Waals surface area contributed by atoms with Crippen molar-refractivity contribution in [1.82, 2.24) is 0 Å². The fraction of sp³-hybridized carbons (Fsp3) is 0.0769. The topological polar surface area (TPSA) is 71.5 Å². The Morgan fingerprint density at radius 3 is 2.72 bits per heavy atom. The molecule has 0 unspecified atom stereocenters. The summed E-state index contributed by atoms with van der Waals surface area (Å²) >= 11 is 0. The van der Waals surface area contributed by atoms with Gasteiger partial charge in [0, 0.05) is 11.8 Å². The summed E-state index contributed by atoms with van der Waals surface area (Å²) in [4.78, 5) is 4.07. The summed E-state index contributed by atoms with van der Waals surface area (Å²) in [5.41, 5.74) is 6.57. The molecule has 1 aliphatic rings. The number of rotatable bonds is 1. The van der Waals surface area contributed by atoms with Gasteiger partial charge in [0.1, 0.15) is 5.70 Å². The Morgan fingerprint density at radius 2 is 2.06 bits per heavy atom. The molecule has 0 bridgehead atoms. The van der Waals surface area contributed by atoms with Crippen LogP contribution in [0, 0.1) is 11.2 Å². The SMILES string of the molecule is C/C(N)=C1/N=C(Oc2ccccc2F)C=CC1=N. The molecule has 3 N–H and O–H groups in total. The fourth-order valence-electron chi connectivity index (χ4n) is 1.44. The Hall–Kier alpha value is -2.43. The molecule has 0 aromatic heterocycles. The molecule has 0 amide bonds. The zero-order valence-corrected chi connectivity index (χ0v) is 9.77. The van der Waals surface area contributed by atoms with Gasteiger partial charge in [0.05, 0.1) is 5.71 Å². The lowest BCUT2D eigenvalue weighted by Gasteiger charge is -2.12. The Morgan fingerprint density at radius 1 is 1.33 bits per heavy atom. The van der Waals surface area contributed by atoms with Crippen LogP contribution in [0.4, 0.5) is 4.39 Å². The third-order valence-electron chi connectivity index (χ3n) is 2.29. The normalized spacial score (nSPS) is 17.4. The van der Waals surface area contributed by atoms with Crippen LogP contribution < -0.4 is 10.5 Å². The first kappa shape index (κ1) is 12.0. The van der Waals surface area contributed by atoms with Crippen molar-refractivity contribution in [2.45, 2.75) is 6.92 Å². The number of halogens is 1. The van der Waals surface area contributed by atoms with Crippen molar-refractivity contribution in [2.24, 2.45) is 10.7 Å². The molecule has 0 aliphatic carbocycles. The highest BCUT2D eigenvalue weighted by molar-refractivity contribution is 6.14. The smallest absolute Gasteiger partial charge is 0.220 e. The van der Waals surface area contributed by atoms with Crippen LogP contribution in [0.1, 0.15) is 6.92 Å². The van der Waals surface area contributed by atoms with Crippen LogP contribution in [0.25, 0.3) is 0 Å². The molecule has 2 rings (SSSR count). The van der Waals surface area contributed by atoms with Gasteiger partial charge in [-0.15, -0.1) is 0 Å². The number of nitrogens with two attached hydrogens (primary N) is 1. The van der Waals surface area contributed by atoms with E-state index in [1.165, 1.54) is 24.3 Å². The van der Waals surface area contributed by atoms with E-state index >= 15 is 0 Å².